The van der Waals surface area contributed by atoms with E-state index in [1.807, 2.05) is 0 Å². The Hall–Kier alpha value is -2.21. The van der Waals surface area contributed by atoms with Crippen molar-refractivity contribution in [2.45, 2.75) is 32.7 Å². The van der Waals surface area contributed by atoms with E-state index in [1.165, 1.54) is 12.4 Å². The summed E-state index contributed by atoms with van der Waals surface area (Å²) in [5.41, 5.74) is 0.308. The van der Waals surface area contributed by atoms with Gasteiger partial charge in [0.2, 0.25) is 16.0 Å². The molecule has 0 saturated heterocycles. The number of anilines is 1. The van der Waals surface area contributed by atoms with E-state index in [-0.39, 0.29) is 25.9 Å². The molecule has 2 heterocycles. The normalized spacial score (nSPS) is 15.5. The maximum Gasteiger partial charge on any atom is 0.314 e. The molecule has 0 aliphatic heterocycles. The molecule has 1 aliphatic rings. The van der Waals surface area contributed by atoms with E-state index < -0.39 is 22.3 Å². The van der Waals surface area contributed by atoms with E-state index in [0.717, 1.165) is 19.1 Å². The summed E-state index contributed by atoms with van der Waals surface area (Å²) in [6.07, 6.45) is 2.99. The van der Waals surface area contributed by atoms with E-state index >= 15 is 0 Å². The van der Waals surface area contributed by atoms with Crippen LogP contribution in [-0.4, -0.2) is 47.4 Å². The van der Waals surface area contributed by atoms with Gasteiger partial charge in [-0.3, -0.25) is 0 Å². The zero-order valence-electron chi connectivity index (χ0n) is 13.2. The number of alkyl halides is 2. The van der Waals surface area contributed by atoms with E-state index in [0.29, 0.717) is 17.4 Å². The zero-order chi connectivity index (χ0) is 18.0. The Morgan fingerprint density at radius 2 is 1.92 bits per heavy atom. The maximum atomic E-state index is 12.5. The highest BCUT2D eigenvalue weighted by molar-refractivity contribution is 7.88. The van der Waals surface area contributed by atoms with Gasteiger partial charge in [-0.2, -0.15) is 8.78 Å². The quantitative estimate of drug-likeness (QED) is 0.700. The van der Waals surface area contributed by atoms with Crippen LogP contribution in [0.25, 0.3) is 11.5 Å². The molecule has 0 aromatic carbocycles. The summed E-state index contributed by atoms with van der Waals surface area (Å²) in [4.78, 5) is 8.18. The SMILES string of the molecule is C.CS(=O)(=O)NCC(Nc1ncc(-c2nnc(C(F)F)o2)cn1)C1CC1. The summed E-state index contributed by atoms with van der Waals surface area (Å²) in [6, 6.07) is -0.130. The van der Waals surface area contributed by atoms with Crippen LogP contribution in [0.5, 0.6) is 0 Å². The number of aromatic nitrogens is 4. The van der Waals surface area contributed by atoms with Crippen molar-refractivity contribution in [3.8, 4) is 11.5 Å². The first-order valence-electron chi connectivity index (χ1n) is 7.47. The van der Waals surface area contributed by atoms with Crippen LogP contribution < -0.4 is 10.0 Å². The molecule has 26 heavy (non-hydrogen) atoms. The fourth-order valence-electron chi connectivity index (χ4n) is 2.19. The molecule has 0 spiro atoms. The second kappa shape index (κ2) is 7.99. The summed E-state index contributed by atoms with van der Waals surface area (Å²) in [7, 11) is -3.28. The Morgan fingerprint density at radius 3 is 2.42 bits per heavy atom. The molecule has 1 aliphatic carbocycles. The van der Waals surface area contributed by atoms with E-state index in [1.54, 1.807) is 0 Å². The predicted molar refractivity (Wildman–Crippen MR) is 90.0 cm³/mol. The Morgan fingerprint density at radius 1 is 1.27 bits per heavy atom. The van der Waals surface area contributed by atoms with Crippen molar-refractivity contribution in [1.29, 1.82) is 0 Å². The third kappa shape index (κ3) is 5.39. The zero-order valence-corrected chi connectivity index (χ0v) is 14.0. The Balaban J connectivity index is 0.00000243. The van der Waals surface area contributed by atoms with Crippen LogP contribution in [0.2, 0.25) is 0 Å². The number of hydrogen-bond acceptors (Lipinski definition) is 8. The van der Waals surface area contributed by atoms with Gasteiger partial charge in [-0.15, -0.1) is 10.2 Å². The molecule has 1 saturated carbocycles. The van der Waals surface area contributed by atoms with Gasteiger partial charge < -0.3 is 9.73 Å². The van der Waals surface area contributed by atoms with Crippen molar-refractivity contribution < 1.29 is 21.6 Å². The van der Waals surface area contributed by atoms with Crippen molar-refractivity contribution >= 4 is 16.0 Å². The smallest absolute Gasteiger partial charge is 0.314 e. The highest BCUT2D eigenvalue weighted by atomic mass is 32.2. The minimum atomic E-state index is -3.28. The van der Waals surface area contributed by atoms with E-state index in [4.69, 9.17) is 4.42 Å². The average Bonchev–Trinajstić information content (AvgIpc) is 3.27. The second-order valence-corrected chi connectivity index (χ2v) is 7.58. The van der Waals surface area contributed by atoms with Crippen LogP contribution in [0.4, 0.5) is 14.7 Å². The van der Waals surface area contributed by atoms with Gasteiger partial charge in [0.05, 0.1) is 11.8 Å². The minimum Gasteiger partial charge on any atom is -0.415 e. The van der Waals surface area contributed by atoms with Gasteiger partial charge in [-0.1, -0.05) is 7.43 Å². The van der Waals surface area contributed by atoms with Crippen molar-refractivity contribution in [1.82, 2.24) is 24.9 Å². The molecule has 1 unspecified atom stereocenters. The van der Waals surface area contributed by atoms with Crippen molar-refractivity contribution in [2.24, 2.45) is 5.92 Å². The largest absolute Gasteiger partial charge is 0.415 e. The molecule has 1 fully saturated rings. The molecule has 144 valence electrons. The average molecular weight is 390 g/mol. The van der Waals surface area contributed by atoms with E-state index in [2.05, 4.69) is 30.2 Å². The highest BCUT2D eigenvalue weighted by Gasteiger charge is 2.32. The molecule has 0 radical (unpaired) electrons. The Kier molecular flexibility index (Phi) is 6.18. The molecule has 9 nitrogen and oxygen atoms in total. The monoisotopic (exact) mass is 390 g/mol. The first kappa shape index (κ1) is 20.1. The number of sulfonamides is 1. The van der Waals surface area contributed by atoms with Gasteiger partial charge in [0, 0.05) is 25.0 Å². The standard InChI is InChI=1S/C13H16F2N6O3S.CH4/c1-25(22,23)18-6-9(7-2-3-7)19-13-16-4-8(5-17-13)11-20-21-12(24-11)10(14)15;/h4-5,7,9-10,18H,2-3,6H2,1H3,(H,16,17,19);1H4. The number of nitrogens with zero attached hydrogens (tertiary/aromatic N) is 4. The molecule has 2 aromatic rings. The van der Waals surface area contributed by atoms with Crippen molar-refractivity contribution in [3.63, 3.8) is 0 Å². The second-order valence-electron chi connectivity index (χ2n) is 5.75. The lowest BCUT2D eigenvalue weighted by atomic mass is 10.2. The number of nitrogens with one attached hydrogen (secondary N) is 2. The van der Waals surface area contributed by atoms with Crippen molar-refractivity contribution in [3.05, 3.63) is 18.3 Å². The lowest BCUT2D eigenvalue weighted by Crippen LogP contribution is -2.37. The summed E-state index contributed by atoms with van der Waals surface area (Å²) in [5, 5.41) is 9.84. The fourth-order valence-corrected chi connectivity index (χ4v) is 2.68. The topological polar surface area (TPSA) is 123 Å². The van der Waals surface area contributed by atoms with E-state index in [9.17, 15) is 17.2 Å². The molecule has 1 atom stereocenters. The number of hydrogen-bond donors (Lipinski definition) is 2. The Bertz CT molecular complexity index is 823. The molecule has 3 rings (SSSR count). The lowest BCUT2D eigenvalue weighted by molar-refractivity contribution is 0.116. The summed E-state index contributed by atoms with van der Waals surface area (Å²) in [6.45, 7) is 0.232. The Labute approximate surface area is 149 Å². The number of rotatable bonds is 8. The van der Waals surface area contributed by atoms with Crippen LogP contribution in [0.1, 0.15) is 32.6 Å². The summed E-state index contributed by atoms with van der Waals surface area (Å²) < 4.78 is 54.7. The molecule has 2 N–H and O–H groups in total. The van der Waals surface area contributed by atoms with Gasteiger partial charge in [-0.25, -0.2) is 23.1 Å². The first-order valence-corrected chi connectivity index (χ1v) is 9.36. The van der Waals surface area contributed by atoms with Crippen LogP contribution in [0, 0.1) is 5.92 Å². The van der Waals surface area contributed by atoms with Gasteiger partial charge in [0.1, 0.15) is 0 Å². The predicted octanol–water partition coefficient (Wildman–Crippen LogP) is 1.84. The van der Waals surface area contributed by atoms with Gasteiger partial charge in [0.15, 0.2) is 0 Å². The molecule has 2 aromatic heterocycles. The van der Waals surface area contributed by atoms with Crippen LogP contribution >= 0.6 is 0 Å². The number of halogens is 2. The molecule has 0 amide bonds. The summed E-state index contributed by atoms with van der Waals surface area (Å²) >= 11 is 0. The third-order valence-electron chi connectivity index (χ3n) is 3.60. The minimum absolute atomic E-state index is 0. The fraction of sp³-hybridized carbons (Fsp3) is 0.571. The first-order chi connectivity index (χ1) is 11.8. The van der Waals surface area contributed by atoms with Crippen LogP contribution in [-0.2, 0) is 10.0 Å². The van der Waals surface area contributed by atoms with Crippen molar-refractivity contribution in [2.75, 3.05) is 18.1 Å². The maximum absolute atomic E-state index is 12.5. The molecule has 0 bridgehead atoms. The molecular weight excluding hydrogens is 370 g/mol. The van der Waals surface area contributed by atoms with Gasteiger partial charge in [-0.05, 0) is 18.8 Å². The summed E-state index contributed by atoms with van der Waals surface area (Å²) in [5.74, 6) is -0.219. The lowest BCUT2D eigenvalue weighted by Gasteiger charge is -2.18. The van der Waals surface area contributed by atoms with Crippen LogP contribution in [0.15, 0.2) is 16.8 Å². The highest BCUT2D eigenvalue weighted by Crippen LogP contribution is 2.33. The van der Waals surface area contributed by atoms with Gasteiger partial charge >= 0.3 is 6.43 Å². The van der Waals surface area contributed by atoms with Gasteiger partial charge in [0.25, 0.3) is 11.8 Å². The molecular formula is C14H20F2N6O3S. The molecule has 12 heteroatoms. The van der Waals surface area contributed by atoms with Crippen LogP contribution in [0.3, 0.4) is 0 Å². The third-order valence-corrected chi connectivity index (χ3v) is 4.29.